The topological polar surface area (TPSA) is 56.5 Å². The number of carbonyl (C=O) groups excluding carboxylic acids is 2. The molecule has 0 spiro atoms. The summed E-state index contributed by atoms with van der Waals surface area (Å²) in [6, 6.07) is 5.23. The summed E-state index contributed by atoms with van der Waals surface area (Å²) < 4.78 is 10.1. The van der Waals surface area contributed by atoms with E-state index in [-0.39, 0.29) is 6.42 Å². The summed E-state index contributed by atoms with van der Waals surface area (Å²) in [7, 11) is 0. The van der Waals surface area contributed by atoms with Crippen molar-refractivity contribution in [2.24, 2.45) is 0 Å². The van der Waals surface area contributed by atoms with E-state index < -0.39 is 11.8 Å². The number of Topliss-reactive ketones (excluding diaryl/α,β-unsaturated/α-hetero) is 1. The van der Waals surface area contributed by atoms with E-state index in [9.17, 15) is 9.59 Å². The van der Waals surface area contributed by atoms with Crippen molar-refractivity contribution in [2.75, 3.05) is 0 Å². The van der Waals surface area contributed by atoms with E-state index >= 15 is 0 Å². The number of furan rings is 1. The first-order chi connectivity index (χ1) is 7.25. The summed E-state index contributed by atoms with van der Waals surface area (Å²) in [5, 5.41) is 0.730. The van der Waals surface area contributed by atoms with Crippen molar-refractivity contribution in [2.45, 2.75) is 6.42 Å². The molecule has 0 saturated carbocycles. The van der Waals surface area contributed by atoms with E-state index in [1.807, 2.05) is 0 Å². The number of rotatable bonds is 0. The van der Waals surface area contributed by atoms with E-state index in [1.165, 1.54) is 6.26 Å². The van der Waals surface area contributed by atoms with Crippen molar-refractivity contribution >= 4 is 22.7 Å². The molecule has 4 nitrogen and oxygen atoms in total. The first-order valence-corrected chi connectivity index (χ1v) is 4.50. The van der Waals surface area contributed by atoms with E-state index in [0.29, 0.717) is 11.3 Å². The van der Waals surface area contributed by atoms with Gasteiger partial charge in [0.1, 0.15) is 11.3 Å². The molecule has 74 valence electrons. The Kier molecular flexibility index (Phi) is 1.48. The molecule has 0 atom stereocenters. The predicted molar refractivity (Wildman–Crippen MR) is 50.6 cm³/mol. The predicted octanol–water partition coefficient (Wildman–Crippen LogP) is 1.46. The molecule has 0 saturated heterocycles. The van der Waals surface area contributed by atoms with E-state index in [0.717, 1.165) is 10.9 Å². The van der Waals surface area contributed by atoms with Crippen molar-refractivity contribution in [1.82, 2.24) is 0 Å². The van der Waals surface area contributed by atoms with Crippen molar-refractivity contribution < 1.29 is 18.7 Å². The fourth-order valence-electron chi connectivity index (χ4n) is 1.72. The Bertz CT molecular complexity index is 579. The zero-order chi connectivity index (χ0) is 10.4. The molecule has 1 aromatic carbocycles. The highest BCUT2D eigenvalue weighted by molar-refractivity contribution is 6.36. The van der Waals surface area contributed by atoms with Gasteiger partial charge in [-0.15, -0.1) is 0 Å². The van der Waals surface area contributed by atoms with Crippen molar-refractivity contribution in [3.8, 4) is 5.75 Å². The van der Waals surface area contributed by atoms with Crippen molar-refractivity contribution in [3.63, 3.8) is 0 Å². The second-order valence-corrected chi connectivity index (χ2v) is 3.38. The number of ether oxygens (including phenoxy) is 1. The van der Waals surface area contributed by atoms with Crippen molar-refractivity contribution in [3.05, 3.63) is 30.0 Å². The van der Waals surface area contributed by atoms with Crippen LogP contribution in [0.5, 0.6) is 5.75 Å². The Balaban J connectivity index is 2.30. The molecule has 1 aliphatic rings. The second kappa shape index (κ2) is 2.70. The molecule has 1 aliphatic heterocycles. The van der Waals surface area contributed by atoms with Gasteiger partial charge in [0.15, 0.2) is 0 Å². The molecule has 0 unspecified atom stereocenters. The molecule has 0 bridgehead atoms. The fraction of sp³-hybridized carbons (Fsp3) is 0.0909. The summed E-state index contributed by atoms with van der Waals surface area (Å²) in [5.41, 5.74) is 1.38. The van der Waals surface area contributed by atoms with Crippen LogP contribution in [0.1, 0.15) is 5.56 Å². The smallest absolute Gasteiger partial charge is 0.380 e. The molecule has 0 N–H and O–H groups in total. The summed E-state index contributed by atoms with van der Waals surface area (Å²) in [5.74, 6) is -0.854. The van der Waals surface area contributed by atoms with E-state index in [2.05, 4.69) is 0 Å². The van der Waals surface area contributed by atoms with Crippen LogP contribution < -0.4 is 4.74 Å². The highest BCUT2D eigenvalue weighted by Crippen LogP contribution is 2.33. The third-order valence-corrected chi connectivity index (χ3v) is 2.44. The van der Waals surface area contributed by atoms with Gasteiger partial charge in [-0.2, -0.15) is 0 Å². The molecule has 2 heterocycles. The first kappa shape index (κ1) is 8.23. The average Bonchev–Trinajstić information content (AvgIpc) is 2.68. The van der Waals surface area contributed by atoms with Crippen LogP contribution in [0.3, 0.4) is 0 Å². The number of carbonyl (C=O) groups is 2. The Hall–Kier alpha value is -2.10. The Morgan fingerprint density at radius 2 is 2.00 bits per heavy atom. The van der Waals surface area contributed by atoms with Gasteiger partial charge < -0.3 is 9.15 Å². The molecule has 0 aliphatic carbocycles. The monoisotopic (exact) mass is 202 g/mol. The molecule has 0 amide bonds. The lowest BCUT2D eigenvalue weighted by Crippen LogP contribution is -2.27. The maximum absolute atomic E-state index is 11.1. The average molecular weight is 202 g/mol. The largest absolute Gasteiger partial charge is 0.464 e. The van der Waals surface area contributed by atoms with Gasteiger partial charge in [0.05, 0.1) is 11.6 Å². The van der Waals surface area contributed by atoms with Gasteiger partial charge in [0.2, 0.25) is 5.78 Å². The normalized spacial score (nSPS) is 15.2. The number of hydrogen-bond donors (Lipinski definition) is 0. The van der Waals surface area contributed by atoms with Gasteiger partial charge in [-0.1, -0.05) is 6.07 Å². The third-order valence-electron chi connectivity index (χ3n) is 2.44. The van der Waals surface area contributed by atoms with Gasteiger partial charge in [0, 0.05) is 12.0 Å². The number of ketones is 1. The van der Waals surface area contributed by atoms with E-state index in [1.54, 1.807) is 18.2 Å². The molecule has 1 aromatic heterocycles. The second-order valence-electron chi connectivity index (χ2n) is 3.38. The number of benzene rings is 1. The fourth-order valence-corrected chi connectivity index (χ4v) is 1.72. The standard InChI is InChI=1S/C11H6O4/c12-8-5-6-1-2-9-7(3-4-14-9)10(6)15-11(8)13/h1-4H,5H2. The third kappa shape index (κ3) is 1.08. The zero-order valence-corrected chi connectivity index (χ0v) is 7.65. The lowest BCUT2D eigenvalue weighted by atomic mass is 10.0. The number of fused-ring (bicyclic) bond motifs is 3. The summed E-state index contributed by atoms with van der Waals surface area (Å²) in [6.45, 7) is 0. The summed E-state index contributed by atoms with van der Waals surface area (Å²) >= 11 is 0. The summed E-state index contributed by atoms with van der Waals surface area (Å²) in [6.07, 6.45) is 1.63. The first-order valence-electron chi connectivity index (χ1n) is 4.50. The maximum atomic E-state index is 11.1. The molecular weight excluding hydrogens is 196 g/mol. The molecule has 2 aromatic rings. The lowest BCUT2D eigenvalue weighted by Gasteiger charge is -2.14. The lowest BCUT2D eigenvalue weighted by molar-refractivity contribution is -0.147. The van der Waals surface area contributed by atoms with Gasteiger partial charge >= 0.3 is 5.97 Å². The van der Waals surface area contributed by atoms with E-state index in [4.69, 9.17) is 9.15 Å². The Morgan fingerprint density at radius 1 is 1.13 bits per heavy atom. The highest BCUT2D eigenvalue weighted by Gasteiger charge is 2.27. The molecule has 15 heavy (non-hydrogen) atoms. The SMILES string of the molecule is O=C1Cc2ccc3occc3c2OC1=O. The van der Waals surface area contributed by atoms with Crippen LogP contribution in [-0.2, 0) is 16.0 Å². The van der Waals surface area contributed by atoms with Crippen molar-refractivity contribution in [1.29, 1.82) is 0 Å². The van der Waals surface area contributed by atoms with Crippen LogP contribution >= 0.6 is 0 Å². The van der Waals surface area contributed by atoms with Crippen LogP contribution in [-0.4, -0.2) is 11.8 Å². The zero-order valence-electron chi connectivity index (χ0n) is 7.65. The molecule has 3 rings (SSSR count). The molecular formula is C11H6O4. The maximum Gasteiger partial charge on any atom is 0.380 e. The van der Waals surface area contributed by atoms with Gasteiger partial charge in [-0.25, -0.2) is 4.79 Å². The van der Waals surface area contributed by atoms with Crippen LogP contribution in [0.15, 0.2) is 28.9 Å². The minimum Gasteiger partial charge on any atom is -0.464 e. The van der Waals surface area contributed by atoms with Crippen LogP contribution in [0.2, 0.25) is 0 Å². The van der Waals surface area contributed by atoms with Crippen LogP contribution in [0.4, 0.5) is 0 Å². The quantitative estimate of drug-likeness (QED) is 0.368. The highest BCUT2D eigenvalue weighted by atomic mass is 16.5. The minimum absolute atomic E-state index is 0.106. The van der Waals surface area contributed by atoms with Crippen LogP contribution in [0, 0.1) is 0 Å². The molecule has 0 radical (unpaired) electrons. The Labute approximate surface area is 84.4 Å². The summed E-state index contributed by atoms with van der Waals surface area (Å²) in [4.78, 5) is 22.3. The van der Waals surface area contributed by atoms with Gasteiger partial charge in [0.25, 0.3) is 0 Å². The molecule has 4 heteroatoms. The van der Waals surface area contributed by atoms with Gasteiger partial charge in [-0.3, -0.25) is 4.79 Å². The van der Waals surface area contributed by atoms with Gasteiger partial charge in [-0.05, 0) is 12.1 Å². The number of hydrogen-bond acceptors (Lipinski definition) is 4. The minimum atomic E-state index is -0.795. The van der Waals surface area contributed by atoms with Crippen LogP contribution in [0.25, 0.3) is 11.0 Å². The molecule has 0 fully saturated rings. The number of esters is 1. The Morgan fingerprint density at radius 3 is 2.87 bits per heavy atom.